The first-order valence-corrected chi connectivity index (χ1v) is 6.37. The molecule has 0 aromatic heterocycles. The third-order valence-corrected chi connectivity index (χ3v) is 3.35. The highest BCUT2D eigenvalue weighted by Crippen LogP contribution is 2.25. The lowest BCUT2D eigenvalue weighted by Gasteiger charge is -2.14. The van der Waals surface area contributed by atoms with E-state index in [0.29, 0.717) is 11.4 Å². The van der Waals surface area contributed by atoms with Crippen LogP contribution in [0.3, 0.4) is 0 Å². The maximum atomic E-state index is 13.7. The molecule has 0 aliphatic rings. The lowest BCUT2D eigenvalue weighted by molar-refractivity contribution is 0.561. The highest BCUT2D eigenvalue weighted by Gasteiger charge is 2.15. The van der Waals surface area contributed by atoms with Gasteiger partial charge in [-0.15, -0.1) is 0 Å². The maximum Gasteiger partial charge on any atom is 0.142 e. The minimum atomic E-state index is -0.676. The van der Waals surface area contributed by atoms with Crippen LogP contribution < -0.4 is 5.73 Å². The van der Waals surface area contributed by atoms with E-state index >= 15 is 0 Å². The van der Waals surface area contributed by atoms with Crippen molar-refractivity contribution in [3.05, 3.63) is 69.2 Å². The van der Waals surface area contributed by atoms with E-state index in [-0.39, 0.29) is 10.6 Å². The van der Waals surface area contributed by atoms with Crippen molar-refractivity contribution in [3.8, 4) is 0 Å². The molecule has 2 N–H and O–H groups in total. The summed E-state index contributed by atoms with van der Waals surface area (Å²) in [5.41, 5.74) is 6.91. The first-order chi connectivity index (χ1) is 8.97. The van der Waals surface area contributed by atoms with Crippen molar-refractivity contribution in [2.75, 3.05) is 0 Å². The van der Waals surface area contributed by atoms with Crippen molar-refractivity contribution < 1.29 is 8.78 Å². The molecule has 0 radical (unpaired) electrons. The van der Waals surface area contributed by atoms with Crippen LogP contribution in [0.5, 0.6) is 0 Å². The summed E-state index contributed by atoms with van der Waals surface area (Å²) in [4.78, 5) is 0. The monoisotopic (exact) mass is 301 g/mol. The van der Waals surface area contributed by atoms with Gasteiger partial charge in [0.1, 0.15) is 11.6 Å². The van der Waals surface area contributed by atoms with E-state index in [1.807, 2.05) is 0 Å². The molecule has 0 amide bonds. The average molecular weight is 302 g/mol. The molecule has 0 fully saturated rings. The minimum Gasteiger partial charge on any atom is -0.324 e. The van der Waals surface area contributed by atoms with E-state index in [9.17, 15) is 8.78 Å². The van der Waals surface area contributed by atoms with Crippen LogP contribution in [-0.4, -0.2) is 0 Å². The fourth-order valence-electron chi connectivity index (χ4n) is 1.81. The smallest absolute Gasteiger partial charge is 0.142 e. The molecule has 2 rings (SSSR count). The lowest BCUT2D eigenvalue weighted by Crippen LogP contribution is -2.15. The molecule has 100 valence electrons. The molecule has 0 bridgehead atoms. The van der Waals surface area contributed by atoms with Gasteiger partial charge in [0, 0.05) is 16.6 Å². The predicted octanol–water partition coefficient (Wildman–Crippen LogP) is 4.51. The zero-order valence-corrected chi connectivity index (χ0v) is 11.3. The van der Waals surface area contributed by atoms with Gasteiger partial charge in [0.2, 0.25) is 0 Å². The van der Waals surface area contributed by atoms with Crippen LogP contribution in [0.2, 0.25) is 10.0 Å². The number of nitrogens with two attached hydrogens (primary N) is 1. The molecular weight excluding hydrogens is 291 g/mol. The predicted molar refractivity (Wildman–Crippen MR) is 73.5 cm³/mol. The second-order valence-corrected chi connectivity index (χ2v) is 5.07. The van der Waals surface area contributed by atoms with Crippen molar-refractivity contribution in [2.45, 2.75) is 12.5 Å². The molecule has 2 aromatic carbocycles. The highest BCUT2D eigenvalue weighted by molar-refractivity contribution is 6.30. The van der Waals surface area contributed by atoms with E-state index in [4.69, 9.17) is 28.9 Å². The van der Waals surface area contributed by atoms with Gasteiger partial charge in [-0.3, -0.25) is 0 Å². The zero-order chi connectivity index (χ0) is 14.0. The Bertz CT molecular complexity index is 585. The van der Waals surface area contributed by atoms with Crippen molar-refractivity contribution in [2.24, 2.45) is 5.73 Å². The first-order valence-electron chi connectivity index (χ1n) is 5.62. The third kappa shape index (κ3) is 3.44. The van der Waals surface area contributed by atoms with Crippen molar-refractivity contribution in [1.82, 2.24) is 0 Å². The van der Waals surface area contributed by atoms with Gasteiger partial charge in [0.25, 0.3) is 0 Å². The molecule has 1 unspecified atom stereocenters. The van der Waals surface area contributed by atoms with E-state index in [1.54, 1.807) is 24.3 Å². The average Bonchev–Trinajstić information content (AvgIpc) is 2.36. The number of halogens is 4. The van der Waals surface area contributed by atoms with Crippen LogP contribution in [0.25, 0.3) is 0 Å². The van der Waals surface area contributed by atoms with Crippen molar-refractivity contribution >= 4 is 23.2 Å². The molecule has 1 nitrogen and oxygen atoms in total. The summed E-state index contributed by atoms with van der Waals surface area (Å²) in [5.74, 6) is -1.28. The Balaban J connectivity index is 2.22. The van der Waals surface area contributed by atoms with Crippen molar-refractivity contribution in [3.63, 3.8) is 0 Å². The highest BCUT2D eigenvalue weighted by atomic mass is 35.5. The summed E-state index contributed by atoms with van der Waals surface area (Å²) in [6, 6.07) is 8.38. The molecule has 0 aliphatic heterocycles. The van der Waals surface area contributed by atoms with Crippen LogP contribution in [0.1, 0.15) is 17.2 Å². The summed E-state index contributed by atoms with van der Waals surface area (Å²) in [6.07, 6.45) is 0.384. The standard InChI is InChI=1S/C14H11Cl2F2N/c15-9-3-1-8(2-4-9)5-14(19)10-6-13(18)11(16)7-12(10)17/h1-4,6-7,14H,5,19H2. The Hall–Kier alpha value is -1.16. The normalized spacial score (nSPS) is 12.5. The Kier molecular flexibility index (Phi) is 4.40. The molecule has 0 spiro atoms. The maximum absolute atomic E-state index is 13.7. The topological polar surface area (TPSA) is 26.0 Å². The van der Waals surface area contributed by atoms with Crippen LogP contribution in [-0.2, 0) is 6.42 Å². The van der Waals surface area contributed by atoms with Crippen LogP contribution in [0.4, 0.5) is 8.78 Å². The lowest BCUT2D eigenvalue weighted by atomic mass is 9.99. The number of benzene rings is 2. The van der Waals surface area contributed by atoms with Crippen LogP contribution in [0.15, 0.2) is 36.4 Å². The second-order valence-electron chi connectivity index (χ2n) is 4.22. The Morgan fingerprint density at radius 1 is 1.00 bits per heavy atom. The quantitative estimate of drug-likeness (QED) is 0.829. The Labute approximate surface area is 119 Å². The van der Waals surface area contributed by atoms with Gasteiger partial charge in [0.05, 0.1) is 5.02 Å². The number of hydrogen-bond donors (Lipinski definition) is 1. The minimum absolute atomic E-state index is 0.108. The zero-order valence-electron chi connectivity index (χ0n) is 9.84. The third-order valence-electron chi connectivity index (χ3n) is 2.81. The molecule has 2 aromatic rings. The van der Waals surface area contributed by atoms with Gasteiger partial charge in [-0.1, -0.05) is 35.3 Å². The summed E-state index contributed by atoms with van der Waals surface area (Å²) in [6.45, 7) is 0. The fraction of sp³-hybridized carbons (Fsp3) is 0.143. The first kappa shape index (κ1) is 14.3. The SMILES string of the molecule is NC(Cc1ccc(Cl)cc1)c1cc(F)c(Cl)cc1F. The summed E-state index contributed by atoms with van der Waals surface area (Å²) < 4.78 is 27.0. The largest absolute Gasteiger partial charge is 0.324 e. The fourth-order valence-corrected chi connectivity index (χ4v) is 2.08. The molecule has 0 aliphatic carbocycles. The van der Waals surface area contributed by atoms with Gasteiger partial charge in [-0.05, 0) is 36.2 Å². The van der Waals surface area contributed by atoms with Gasteiger partial charge >= 0.3 is 0 Å². The molecule has 0 heterocycles. The number of rotatable bonds is 3. The van der Waals surface area contributed by atoms with Gasteiger partial charge in [-0.2, -0.15) is 0 Å². The van der Waals surface area contributed by atoms with Crippen LogP contribution in [0, 0.1) is 11.6 Å². The van der Waals surface area contributed by atoms with E-state index < -0.39 is 17.7 Å². The summed E-state index contributed by atoms with van der Waals surface area (Å²) in [5, 5.41) is 0.362. The van der Waals surface area contributed by atoms with E-state index in [1.165, 1.54) is 0 Å². The van der Waals surface area contributed by atoms with E-state index in [0.717, 1.165) is 17.7 Å². The van der Waals surface area contributed by atoms with Crippen molar-refractivity contribution in [1.29, 1.82) is 0 Å². The van der Waals surface area contributed by atoms with Gasteiger partial charge < -0.3 is 5.73 Å². The van der Waals surface area contributed by atoms with Gasteiger partial charge in [0.15, 0.2) is 0 Å². The molecule has 5 heteroatoms. The second kappa shape index (κ2) is 5.87. The molecular formula is C14H11Cl2F2N. The van der Waals surface area contributed by atoms with Gasteiger partial charge in [-0.25, -0.2) is 8.78 Å². The molecule has 1 atom stereocenters. The molecule has 0 saturated heterocycles. The Morgan fingerprint density at radius 3 is 2.26 bits per heavy atom. The Morgan fingerprint density at radius 2 is 1.63 bits per heavy atom. The summed E-state index contributed by atoms with van der Waals surface area (Å²) >= 11 is 11.3. The molecule has 0 saturated carbocycles. The number of hydrogen-bond acceptors (Lipinski definition) is 1. The molecule has 19 heavy (non-hydrogen) atoms. The van der Waals surface area contributed by atoms with E-state index in [2.05, 4.69) is 0 Å². The summed E-state index contributed by atoms with van der Waals surface area (Å²) in [7, 11) is 0. The van der Waals surface area contributed by atoms with Crippen LogP contribution >= 0.6 is 23.2 Å².